The van der Waals surface area contributed by atoms with E-state index in [9.17, 15) is 4.79 Å². The van der Waals surface area contributed by atoms with Crippen LogP contribution in [-0.4, -0.2) is 39.0 Å². The molecule has 0 aromatic carbocycles. The van der Waals surface area contributed by atoms with Crippen LogP contribution in [0.15, 0.2) is 6.07 Å². The van der Waals surface area contributed by atoms with Crippen LogP contribution in [0.25, 0.3) is 11.3 Å². The Balaban J connectivity index is 2.28. The second-order valence-corrected chi connectivity index (χ2v) is 4.38. The molecule has 0 saturated heterocycles. The number of H-pyrrole nitrogens is 1. The fourth-order valence-electron chi connectivity index (χ4n) is 1.99. The maximum absolute atomic E-state index is 11.8. The summed E-state index contributed by atoms with van der Waals surface area (Å²) in [6.45, 7) is 4.75. The Bertz CT molecular complexity index is 597. The minimum absolute atomic E-state index is 0.205. The Morgan fingerprint density at radius 1 is 1.53 bits per heavy atom. The van der Waals surface area contributed by atoms with Gasteiger partial charge in [0.2, 0.25) is 0 Å². The number of nitrogens with zero attached hydrogens (tertiary/aromatic N) is 3. The van der Waals surface area contributed by atoms with Crippen molar-refractivity contribution < 1.29 is 4.79 Å². The van der Waals surface area contributed by atoms with Crippen molar-refractivity contribution in [2.45, 2.75) is 13.8 Å². The molecule has 2 rings (SSSR count). The molecule has 102 valence electrons. The van der Waals surface area contributed by atoms with E-state index in [4.69, 9.17) is 5.73 Å². The molecule has 2 aromatic heterocycles. The van der Waals surface area contributed by atoms with E-state index in [1.54, 1.807) is 10.7 Å². The largest absolute Gasteiger partial charge is 0.349 e. The monoisotopic (exact) mass is 262 g/mol. The number of amides is 1. The standard InChI is InChI=1S/C12H18N6O/c1-7-11(8(2)18(3)17-7)9-6-10(16-15-9)12(19)14-5-4-13/h6H,4-5,13H2,1-3H3,(H,14,19)(H,15,16). The minimum Gasteiger partial charge on any atom is -0.349 e. The predicted molar refractivity (Wildman–Crippen MR) is 71.7 cm³/mol. The zero-order valence-corrected chi connectivity index (χ0v) is 11.3. The maximum Gasteiger partial charge on any atom is 0.269 e. The van der Waals surface area contributed by atoms with Gasteiger partial charge in [-0.05, 0) is 19.9 Å². The molecular weight excluding hydrogens is 244 g/mol. The number of aryl methyl sites for hydroxylation is 2. The van der Waals surface area contributed by atoms with E-state index in [0.717, 1.165) is 22.6 Å². The van der Waals surface area contributed by atoms with Gasteiger partial charge in [-0.3, -0.25) is 14.6 Å². The van der Waals surface area contributed by atoms with Crippen molar-refractivity contribution in [3.8, 4) is 11.3 Å². The lowest BCUT2D eigenvalue weighted by Crippen LogP contribution is -2.29. The van der Waals surface area contributed by atoms with E-state index in [-0.39, 0.29) is 5.91 Å². The second-order valence-electron chi connectivity index (χ2n) is 4.38. The first-order chi connectivity index (χ1) is 9.04. The molecular formula is C12H18N6O. The number of hydrogen-bond donors (Lipinski definition) is 3. The highest BCUT2D eigenvalue weighted by atomic mass is 16.1. The van der Waals surface area contributed by atoms with Crippen molar-refractivity contribution in [1.29, 1.82) is 0 Å². The highest BCUT2D eigenvalue weighted by molar-refractivity contribution is 5.93. The molecule has 4 N–H and O–H groups in total. The molecule has 0 unspecified atom stereocenters. The number of nitrogens with two attached hydrogens (primary N) is 1. The van der Waals surface area contributed by atoms with Crippen LogP contribution in [0.3, 0.4) is 0 Å². The van der Waals surface area contributed by atoms with E-state index in [1.165, 1.54) is 0 Å². The van der Waals surface area contributed by atoms with Gasteiger partial charge in [-0.25, -0.2) is 0 Å². The van der Waals surface area contributed by atoms with Crippen LogP contribution in [0.1, 0.15) is 21.9 Å². The summed E-state index contributed by atoms with van der Waals surface area (Å²) in [5.74, 6) is -0.205. The fraction of sp³-hybridized carbons (Fsp3) is 0.417. The SMILES string of the molecule is Cc1nn(C)c(C)c1-c1cc(C(=O)NCCN)[nH]n1. The van der Waals surface area contributed by atoms with Crippen LogP contribution in [0, 0.1) is 13.8 Å². The van der Waals surface area contributed by atoms with E-state index < -0.39 is 0 Å². The average molecular weight is 262 g/mol. The normalized spacial score (nSPS) is 10.7. The molecule has 7 heteroatoms. The molecule has 0 saturated carbocycles. The number of nitrogens with one attached hydrogen (secondary N) is 2. The van der Waals surface area contributed by atoms with Gasteiger partial charge in [0.15, 0.2) is 0 Å². The van der Waals surface area contributed by atoms with E-state index in [0.29, 0.717) is 18.8 Å². The first-order valence-electron chi connectivity index (χ1n) is 6.08. The number of aromatic nitrogens is 4. The molecule has 0 atom stereocenters. The van der Waals surface area contributed by atoms with Crippen molar-refractivity contribution in [2.75, 3.05) is 13.1 Å². The third kappa shape index (κ3) is 2.50. The first kappa shape index (κ1) is 13.3. The summed E-state index contributed by atoms with van der Waals surface area (Å²) in [7, 11) is 1.88. The Labute approximate surface area is 111 Å². The van der Waals surface area contributed by atoms with E-state index in [2.05, 4.69) is 20.6 Å². The minimum atomic E-state index is -0.205. The third-order valence-corrected chi connectivity index (χ3v) is 3.02. The van der Waals surface area contributed by atoms with Crippen LogP contribution in [0.5, 0.6) is 0 Å². The van der Waals surface area contributed by atoms with Crippen molar-refractivity contribution in [2.24, 2.45) is 12.8 Å². The Morgan fingerprint density at radius 2 is 2.26 bits per heavy atom. The maximum atomic E-state index is 11.8. The van der Waals surface area contributed by atoms with E-state index >= 15 is 0 Å². The second kappa shape index (κ2) is 5.23. The Kier molecular flexibility index (Phi) is 3.66. The fourth-order valence-corrected chi connectivity index (χ4v) is 1.99. The molecule has 0 aliphatic heterocycles. The van der Waals surface area contributed by atoms with Gasteiger partial charge in [-0.1, -0.05) is 0 Å². The highest BCUT2D eigenvalue weighted by Gasteiger charge is 2.16. The molecule has 0 spiro atoms. The topological polar surface area (TPSA) is 102 Å². The van der Waals surface area contributed by atoms with Crippen LogP contribution >= 0.6 is 0 Å². The smallest absolute Gasteiger partial charge is 0.269 e. The quantitative estimate of drug-likeness (QED) is 0.728. The lowest BCUT2D eigenvalue weighted by molar-refractivity contribution is 0.0950. The summed E-state index contributed by atoms with van der Waals surface area (Å²) in [5, 5.41) is 13.9. The molecule has 0 aliphatic carbocycles. The van der Waals surface area contributed by atoms with Gasteiger partial charge in [0.25, 0.3) is 5.91 Å². The van der Waals surface area contributed by atoms with Gasteiger partial charge in [0, 0.05) is 31.4 Å². The molecule has 7 nitrogen and oxygen atoms in total. The summed E-state index contributed by atoms with van der Waals surface area (Å²) < 4.78 is 1.80. The number of aromatic amines is 1. The summed E-state index contributed by atoms with van der Waals surface area (Å²) in [6, 6.07) is 1.73. The average Bonchev–Trinajstić information content (AvgIpc) is 2.93. The lowest BCUT2D eigenvalue weighted by Gasteiger charge is -1.99. The summed E-state index contributed by atoms with van der Waals surface area (Å²) in [6.07, 6.45) is 0. The highest BCUT2D eigenvalue weighted by Crippen LogP contribution is 2.24. The van der Waals surface area contributed by atoms with Crippen molar-refractivity contribution in [1.82, 2.24) is 25.3 Å². The number of hydrogen-bond acceptors (Lipinski definition) is 4. The van der Waals surface area contributed by atoms with Crippen molar-refractivity contribution in [3.05, 3.63) is 23.1 Å². The molecule has 0 radical (unpaired) electrons. The van der Waals surface area contributed by atoms with Gasteiger partial charge < -0.3 is 11.1 Å². The van der Waals surface area contributed by atoms with Gasteiger partial charge in [0.05, 0.1) is 11.4 Å². The van der Waals surface area contributed by atoms with Crippen LogP contribution in [0.2, 0.25) is 0 Å². The van der Waals surface area contributed by atoms with E-state index in [1.807, 2.05) is 20.9 Å². The number of carbonyl (C=O) groups excluding carboxylic acids is 1. The van der Waals surface area contributed by atoms with Crippen LogP contribution in [-0.2, 0) is 7.05 Å². The zero-order chi connectivity index (χ0) is 14.0. The van der Waals surface area contributed by atoms with Crippen LogP contribution < -0.4 is 11.1 Å². The van der Waals surface area contributed by atoms with Crippen molar-refractivity contribution >= 4 is 5.91 Å². The third-order valence-electron chi connectivity index (χ3n) is 3.02. The first-order valence-corrected chi connectivity index (χ1v) is 6.08. The van der Waals surface area contributed by atoms with Gasteiger partial charge in [-0.15, -0.1) is 0 Å². The number of rotatable bonds is 4. The van der Waals surface area contributed by atoms with Gasteiger partial charge >= 0.3 is 0 Å². The van der Waals surface area contributed by atoms with Gasteiger partial charge in [-0.2, -0.15) is 10.2 Å². The molecule has 0 fully saturated rings. The molecule has 2 aromatic rings. The van der Waals surface area contributed by atoms with Crippen LogP contribution in [0.4, 0.5) is 0 Å². The zero-order valence-electron chi connectivity index (χ0n) is 11.3. The summed E-state index contributed by atoms with van der Waals surface area (Å²) in [4.78, 5) is 11.8. The van der Waals surface area contributed by atoms with Crippen molar-refractivity contribution in [3.63, 3.8) is 0 Å². The molecule has 0 aliphatic rings. The molecule has 1 amide bonds. The Hall–Kier alpha value is -2.15. The summed E-state index contributed by atoms with van der Waals surface area (Å²) in [5.41, 5.74) is 9.34. The predicted octanol–water partition coefficient (Wildman–Crippen LogP) is 0.116. The Morgan fingerprint density at radius 3 is 2.84 bits per heavy atom. The molecule has 0 bridgehead atoms. The lowest BCUT2D eigenvalue weighted by atomic mass is 10.1. The molecule has 19 heavy (non-hydrogen) atoms. The molecule has 2 heterocycles. The number of carbonyl (C=O) groups is 1. The summed E-state index contributed by atoms with van der Waals surface area (Å²) >= 11 is 0. The van der Waals surface area contributed by atoms with Gasteiger partial charge in [0.1, 0.15) is 5.69 Å².